The number of nitriles is 1. The first-order chi connectivity index (χ1) is 12.2. The highest BCUT2D eigenvalue weighted by atomic mass is 32.2. The molecule has 0 spiro atoms. The fourth-order valence-electron chi connectivity index (χ4n) is 2.14. The number of amides is 1. The van der Waals surface area contributed by atoms with Crippen molar-refractivity contribution < 1.29 is 9.32 Å². The topological polar surface area (TPSA) is 91.8 Å². The number of hydrogen-bond acceptors (Lipinski definition) is 6. The lowest BCUT2D eigenvalue weighted by Crippen LogP contribution is -2.12. The lowest BCUT2D eigenvalue weighted by atomic mass is 10.2. The third-order valence-electron chi connectivity index (χ3n) is 3.32. The zero-order chi connectivity index (χ0) is 17.6. The molecule has 0 bridgehead atoms. The van der Waals surface area contributed by atoms with E-state index < -0.39 is 0 Å². The summed E-state index contributed by atoms with van der Waals surface area (Å²) < 4.78 is 5.09. The van der Waals surface area contributed by atoms with Gasteiger partial charge >= 0.3 is 0 Å². The first-order valence-corrected chi connectivity index (χ1v) is 8.47. The van der Waals surface area contributed by atoms with Crippen LogP contribution in [0.4, 0.5) is 5.69 Å². The Bertz CT molecular complexity index is 929. The number of aryl methyl sites for hydroxylation is 1. The van der Waals surface area contributed by atoms with Crippen LogP contribution in [-0.4, -0.2) is 16.0 Å². The van der Waals surface area contributed by atoms with Crippen molar-refractivity contribution in [2.24, 2.45) is 0 Å². The molecule has 0 unspecified atom stereocenters. The Labute approximate surface area is 148 Å². The molecule has 6 nitrogen and oxygen atoms in total. The van der Waals surface area contributed by atoms with Crippen molar-refractivity contribution in [3.63, 3.8) is 0 Å². The zero-order valence-electron chi connectivity index (χ0n) is 13.4. The van der Waals surface area contributed by atoms with E-state index >= 15 is 0 Å². The summed E-state index contributed by atoms with van der Waals surface area (Å²) in [7, 11) is 0. The molecular formula is C18H14N4O2S. The minimum Gasteiger partial charge on any atom is -0.338 e. The van der Waals surface area contributed by atoms with Crippen molar-refractivity contribution in [3.8, 4) is 6.07 Å². The molecular weight excluding hydrogens is 336 g/mol. The van der Waals surface area contributed by atoms with Gasteiger partial charge in [-0.1, -0.05) is 17.3 Å². The summed E-state index contributed by atoms with van der Waals surface area (Å²) in [6.45, 7) is 1.76. The number of nitrogens with one attached hydrogen (secondary N) is 1. The number of aromatic nitrogens is 2. The number of benzene rings is 2. The van der Waals surface area contributed by atoms with Gasteiger partial charge in [-0.05, 0) is 43.3 Å². The molecule has 0 saturated carbocycles. The summed E-state index contributed by atoms with van der Waals surface area (Å²) in [6.07, 6.45) is 0. The molecule has 7 heteroatoms. The van der Waals surface area contributed by atoms with Gasteiger partial charge in [0, 0.05) is 10.6 Å². The maximum Gasteiger partial charge on any atom is 0.256 e. The van der Waals surface area contributed by atoms with E-state index in [1.165, 1.54) is 11.8 Å². The number of hydrogen-bond donors (Lipinski definition) is 1. The number of carbonyl (C=O) groups is 1. The van der Waals surface area contributed by atoms with Gasteiger partial charge in [-0.15, -0.1) is 11.8 Å². The molecule has 25 heavy (non-hydrogen) atoms. The van der Waals surface area contributed by atoms with Gasteiger partial charge in [-0.25, -0.2) is 0 Å². The van der Waals surface area contributed by atoms with Crippen LogP contribution in [0.3, 0.4) is 0 Å². The minimum atomic E-state index is -0.213. The molecule has 3 rings (SSSR count). The van der Waals surface area contributed by atoms with E-state index in [4.69, 9.17) is 9.78 Å². The van der Waals surface area contributed by atoms with Crippen LogP contribution in [-0.2, 0) is 5.75 Å². The Morgan fingerprint density at radius 2 is 2.00 bits per heavy atom. The number of rotatable bonds is 5. The maximum atomic E-state index is 12.6. The Morgan fingerprint density at radius 1 is 1.24 bits per heavy atom. The van der Waals surface area contributed by atoms with Crippen molar-refractivity contribution >= 4 is 23.4 Å². The van der Waals surface area contributed by atoms with Crippen LogP contribution >= 0.6 is 11.8 Å². The second-order valence-corrected chi connectivity index (χ2v) is 6.18. The SMILES string of the molecule is Cc1noc(CSc2ccccc2C(=O)Nc2ccc(C#N)cc2)n1. The molecule has 0 saturated heterocycles. The summed E-state index contributed by atoms with van der Waals surface area (Å²) >= 11 is 1.46. The zero-order valence-corrected chi connectivity index (χ0v) is 14.2. The van der Waals surface area contributed by atoms with Crippen LogP contribution in [0.1, 0.15) is 27.6 Å². The van der Waals surface area contributed by atoms with Crippen LogP contribution < -0.4 is 5.32 Å². The molecule has 0 atom stereocenters. The second-order valence-electron chi connectivity index (χ2n) is 5.16. The molecule has 1 N–H and O–H groups in total. The molecule has 0 aliphatic carbocycles. The van der Waals surface area contributed by atoms with E-state index in [-0.39, 0.29) is 5.91 Å². The summed E-state index contributed by atoms with van der Waals surface area (Å²) in [6, 6.07) is 16.1. The minimum absolute atomic E-state index is 0.213. The van der Waals surface area contributed by atoms with E-state index in [1.54, 1.807) is 37.3 Å². The number of carbonyl (C=O) groups excluding carboxylic acids is 1. The second kappa shape index (κ2) is 7.64. The van der Waals surface area contributed by atoms with Gasteiger partial charge in [-0.2, -0.15) is 10.2 Å². The van der Waals surface area contributed by atoms with Gasteiger partial charge in [0.05, 0.1) is 22.9 Å². The highest BCUT2D eigenvalue weighted by Gasteiger charge is 2.13. The van der Waals surface area contributed by atoms with Gasteiger partial charge in [-0.3, -0.25) is 4.79 Å². The fraction of sp³-hybridized carbons (Fsp3) is 0.111. The molecule has 124 valence electrons. The van der Waals surface area contributed by atoms with E-state index in [2.05, 4.69) is 15.5 Å². The number of thioether (sulfide) groups is 1. The molecule has 0 radical (unpaired) electrons. The van der Waals surface area contributed by atoms with Gasteiger partial charge in [0.15, 0.2) is 5.82 Å². The molecule has 1 heterocycles. The van der Waals surface area contributed by atoms with E-state index in [0.29, 0.717) is 34.3 Å². The quantitative estimate of drug-likeness (QED) is 0.704. The van der Waals surface area contributed by atoms with Gasteiger partial charge < -0.3 is 9.84 Å². The van der Waals surface area contributed by atoms with E-state index in [1.807, 2.05) is 24.3 Å². The molecule has 3 aromatic rings. The van der Waals surface area contributed by atoms with Gasteiger partial charge in [0.25, 0.3) is 5.91 Å². The molecule has 1 amide bonds. The highest BCUT2D eigenvalue weighted by Crippen LogP contribution is 2.26. The molecule has 0 aliphatic heterocycles. The number of nitrogens with zero attached hydrogens (tertiary/aromatic N) is 3. The van der Waals surface area contributed by atoms with Crippen LogP contribution in [0.2, 0.25) is 0 Å². The normalized spacial score (nSPS) is 10.2. The van der Waals surface area contributed by atoms with Crippen LogP contribution in [0, 0.1) is 18.3 Å². The van der Waals surface area contributed by atoms with E-state index in [9.17, 15) is 4.79 Å². The average Bonchev–Trinajstić information content (AvgIpc) is 3.06. The standard InChI is InChI=1S/C18H14N4O2S/c1-12-20-17(24-22-12)11-25-16-5-3-2-4-15(16)18(23)21-14-8-6-13(10-19)7-9-14/h2-9H,11H2,1H3,(H,21,23). The summed E-state index contributed by atoms with van der Waals surface area (Å²) in [4.78, 5) is 17.5. The Balaban J connectivity index is 1.72. The average molecular weight is 350 g/mol. The van der Waals surface area contributed by atoms with Crippen LogP contribution in [0.15, 0.2) is 57.9 Å². The van der Waals surface area contributed by atoms with Crippen molar-refractivity contribution in [3.05, 3.63) is 71.4 Å². The van der Waals surface area contributed by atoms with Crippen LogP contribution in [0.25, 0.3) is 0 Å². The number of anilines is 1. The van der Waals surface area contributed by atoms with Gasteiger partial charge in [0.2, 0.25) is 5.89 Å². The predicted octanol–water partition coefficient (Wildman–Crippen LogP) is 3.79. The van der Waals surface area contributed by atoms with E-state index in [0.717, 1.165) is 4.90 Å². The maximum absolute atomic E-state index is 12.6. The Morgan fingerprint density at radius 3 is 2.68 bits per heavy atom. The fourth-order valence-corrected chi connectivity index (χ4v) is 3.03. The van der Waals surface area contributed by atoms with Crippen molar-refractivity contribution in [1.29, 1.82) is 5.26 Å². The molecule has 2 aromatic carbocycles. The first kappa shape index (κ1) is 16.7. The lowest BCUT2D eigenvalue weighted by Gasteiger charge is -2.09. The summed E-state index contributed by atoms with van der Waals surface area (Å²) in [5.74, 6) is 1.38. The smallest absolute Gasteiger partial charge is 0.256 e. The Hall–Kier alpha value is -3.11. The van der Waals surface area contributed by atoms with Crippen LogP contribution in [0.5, 0.6) is 0 Å². The molecule has 0 aliphatic rings. The highest BCUT2D eigenvalue weighted by molar-refractivity contribution is 7.98. The third kappa shape index (κ3) is 4.25. The largest absolute Gasteiger partial charge is 0.338 e. The van der Waals surface area contributed by atoms with Crippen molar-refractivity contribution in [2.75, 3.05) is 5.32 Å². The van der Waals surface area contributed by atoms with Crippen molar-refractivity contribution in [2.45, 2.75) is 17.6 Å². The van der Waals surface area contributed by atoms with Gasteiger partial charge in [0.1, 0.15) is 0 Å². The Kier molecular flexibility index (Phi) is 5.11. The summed E-state index contributed by atoms with van der Waals surface area (Å²) in [5, 5.41) is 15.4. The molecule has 1 aromatic heterocycles. The first-order valence-electron chi connectivity index (χ1n) is 7.48. The van der Waals surface area contributed by atoms with Crippen molar-refractivity contribution in [1.82, 2.24) is 10.1 Å². The molecule has 0 fully saturated rings. The third-order valence-corrected chi connectivity index (χ3v) is 4.38. The summed E-state index contributed by atoms with van der Waals surface area (Å²) in [5.41, 5.74) is 1.74. The predicted molar refractivity (Wildman–Crippen MR) is 94.1 cm³/mol. The lowest BCUT2D eigenvalue weighted by molar-refractivity contribution is 0.102. The monoisotopic (exact) mass is 350 g/mol.